The van der Waals surface area contributed by atoms with Gasteiger partial charge in [0.1, 0.15) is 6.10 Å². The van der Waals surface area contributed by atoms with Gasteiger partial charge in [0.05, 0.1) is 5.92 Å². The number of ether oxygens (including phenoxy) is 1. The molecule has 0 radical (unpaired) electrons. The molecule has 108 valence electrons. The molecule has 0 aromatic heterocycles. The Kier molecular flexibility index (Phi) is 4.80. The fraction of sp³-hybridized carbons (Fsp3) is 0.857. The number of aliphatic carboxylic acids is 1. The summed E-state index contributed by atoms with van der Waals surface area (Å²) in [5.41, 5.74) is 0. The number of rotatable bonds is 5. The molecule has 1 aliphatic heterocycles. The third kappa shape index (κ3) is 3.47. The second-order valence-electron chi connectivity index (χ2n) is 5.67. The van der Waals surface area contributed by atoms with Gasteiger partial charge in [-0.25, -0.2) is 0 Å². The van der Waals surface area contributed by atoms with Crippen molar-refractivity contribution in [1.29, 1.82) is 0 Å². The highest BCUT2D eigenvalue weighted by atomic mass is 16.5. The van der Waals surface area contributed by atoms with Gasteiger partial charge in [0.2, 0.25) is 0 Å². The number of carboxylic acid groups (broad SMARTS) is 1. The number of nitrogens with zero attached hydrogens (tertiary/aromatic N) is 1. The number of carboxylic acids is 1. The Labute approximate surface area is 113 Å². The van der Waals surface area contributed by atoms with Gasteiger partial charge in [-0.15, -0.1) is 0 Å². The van der Waals surface area contributed by atoms with Gasteiger partial charge in [0, 0.05) is 19.2 Å². The largest absolute Gasteiger partial charge is 0.481 e. The number of amides is 1. The summed E-state index contributed by atoms with van der Waals surface area (Å²) in [6.45, 7) is 2.61. The molecule has 2 unspecified atom stereocenters. The Morgan fingerprint density at radius 3 is 2.47 bits per heavy atom. The van der Waals surface area contributed by atoms with Crippen LogP contribution in [0.4, 0.5) is 0 Å². The smallest absolute Gasteiger partial charge is 0.308 e. The van der Waals surface area contributed by atoms with Crippen LogP contribution >= 0.6 is 0 Å². The Hall–Kier alpha value is -1.10. The molecule has 2 atom stereocenters. The molecule has 2 fully saturated rings. The molecule has 19 heavy (non-hydrogen) atoms. The molecule has 1 aliphatic carbocycles. The lowest BCUT2D eigenvalue weighted by atomic mass is 10.1. The first-order chi connectivity index (χ1) is 9.09. The number of carbonyl (C=O) groups is 2. The Balaban J connectivity index is 2.03. The van der Waals surface area contributed by atoms with Crippen LogP contribution in [0.5, 0.6) is 0 Å². The monoisotopic (exact) mass is 269 g/mol. The van der Waals surface area contributed by atoms with Crippen molar-refractivity contribution in [2.45, 2.75) is 57.6 Å². The van der Waals surface area contributed by atoms with Crippen molar-refractivity contribution in [3.05, 3.63) is 0 Å². The van der Waals surface area contributed by atoms with Crippen LogP contribution in [0, 0.1) is 5.92 Å². The van der Waals surface area contributed by atoms with Crippen molar-refractivity contribution in [3.8, 4) is 0 Å². The van der Waals surface area contributed by atoms with Crippen molar-refractivity contribution in [2.75, 3.05) is 13.2 Å². The number of hydrogen-bond acceptors (Lipinski definition) is 3. The van der Waals surface area contributed by atoms with E-state index in [0.29, 0.717) is 13.2 Å². The third-order valence-electron chi connectivity index (χ3n) is 4.15. The van der Waals surface area contributed by atoms with Crippen molar-refractivity contribution in [2.24, 2.45) is 5.92 Å². The molecule has 5 heteroatoms. The zero-order chi connectivity index (χ0) is 13.8. The van der Waals surface area contributed by atoms with Crippen molar-refractivity contribution >= 4 is 11.9 Å². The van der Waals surface area contributed by atoms with Crippen molar-refractivity contribution < 1.29 is 19.4 Å². The van der Waals surface area contributed by atoms with Gasteiger partial charge in [0.25, 0.3) is 5.91 Å². The van der Waals surface area contributed by atoms with E-state index in [9.17, 15) is 9.59 Å². The van der Waals surface area contributed by atoms with Crippen LogP contribution in [0.2, 0.25) is 0 Å². The topological polar surface area (TPSA) is 66.8 Å². The average molecular weight is 269 g/mol. The minimum Gasteiger partial charge on any atom is -0.481 e. The van der Waals surface area contributed by atoms with Gasteiger partial charge in [-0.2, -0.15) is 0 Å². The Morgan fingerprint density at radius 1 is 1.26 bits per heavy atom. The Morgan fingerprint density at radius 2 is 1.95 bits per heavy atom. The predicted molar refractivity (Wildman–Crippen MR) is 69.7 cm³/mol. The Bertz CT molecular complexity index is 332. The standard InChI is InChI=1S/C14H23NO4/c1-10(14(17)18)9-15(11-5-2-3-6-11)13(16)12-7-4-8-19-12/h10-12H,2-9H2,1H3,(H,17,18). The summed E-state index contributed by atoms with van der Waals surface area (Å²) in [4.78, 5) is 25.3. The molecule has 2 aliphatic rings. The van der Waals surface area contributed by atoms with Crippen LogP contribution in [-0.4, -0.2) is 47.2 Å². The molecule has 1 amide bonds. The van der Waals surface area contributed by atoms with Crippen LogP contribution < -0.4 is 0 Å². The third-order valence-corrected chi connectivity index (χ3v) is 4.15. The molecule has 1 heterocycles. The van der Waals surface area contributed by atoms with Gasteiger partial charge in [-0.1, -0.05) is 19.8 Å². The summed E-state index contributed by atoms with van der Waals surface area (Å²) in [5, 5.41) is 9.05. The quantitative estimate of drug-likeness (QED) is 0.824. The molecule has 0 aromatic carbocycles. The van der Waals surface area contributed by atoms with Gasteiger partial charge < -0.3 is 14.7 Å². The minimum absolute atomic E-state index is 0.00231. The van der Waals surface area contributed by atoms with Crippen LogP contribution in [0.3, 0.4) is 0 Å². The molecular formula is C14H23NO4. The second kappa shape index (κ2) is 6.37. The lowest BCUT2D eigenvalue weighted by Gasteiger charge is -2.32. The lowest BCUT2D eigenvalue weighted by Crippen LogP contribution is -2.47. The summed E-state index contributed by atoms with van der Waals surface area (Å²) >= 11 is 0. The summed E-state index contributed by atoms with van der Waals surface area (Å²) in [6.07, 6.45) is 5.58. The van der Waals surface area contributed by atoms with Crippen molar-refractivity contribution in [1.82, 2.24) is 4.90 Å². The van der Waals surface area contributed by atoms with E-state index in [4.69, 9.17) is 9.84 Å². The molecular weight excluding hydrogens is 246 g/mol. The molecule has 1 saturated carbocycles. The van der Waals surface area contributed by atoms with E-state index in [1.165, 1.54) is 0 Å². The number of hydrogen-bond donors (Lipinski definition) is 1. The SMILES string of the molecule is CC(CN(C(=O)C1CCCO1)C1CCCC1)C(=O)O. The average Bonchev–Trinajstić information content (AvgIpc) is 3.06. The zero-order valence-corrected chi connectivity index (χ0v) is 11.5. The summed E-state index contributed by atoms with van der Waals surface area (Å²) in [6, 6.07) is 0.207. The highest BCUT2D eigenvalue weighted by molar-refractivity contribution is 5.82. The molecule has 5 nitrogen and oxygen atoms in total. The van der Waals surface area contributed by atoms with E-state index in [0.717, 1.165) is 38.5 Å². The molecule has 0 bridgehead atoms. The van der Waals surface area contributed by atoms with Gasteiger partial charge in [-0.05, 0) is 25.7 Å². The minimum atomic E-state index is -0.844. The summed E-state index contributed by atoms with van der Waals surface area (Å²) < 4.78 is 5.46. The first-order valence-electron chi connectivity index (χ1n) is 7.24. The first kappa shape index (κ1) is 14.3. The summed E-state index contributed by atoms with van der Waals surface area (Å²) in [7, 11) is 0. The van der Waals surface area contributed by atoms with E-state index in [-0.39, 0.29) is 18.1 Å². The van der Waals surface area contributed by atoms with Crippen LogP contribution in [-0.2, 0) is 14.3 Å². The normalized spacial score (nSPS) is 25.4. The van der Waals surface area contributed by atoms with E-state index >= 15 is 0 Å². The van der Waals surface area contributed by atoms with Crippen molar-refractivity contribution in [3.63, 3.8) is 0 Å². The van der Waals surface area contributed by atoms with E-state index in [1.807, 2.05) is 0 Å². The van der Waals surface area contributed by atoms with Crippen LogP contribution in [0.1, 0.15) is 45.4 Å². The molecule has 1 N–H and O–H groups in total. The predicted octanol–water partition coefficient (Wildman–Crippen LogP) is 1.66. The van der Waals surface area contributed by atoms with E-state index in [1.54, 1.807) is 11.8 Å². The highest BCUT2D eigenvalue weighted by Gasteiger charge is 2.35. The fourth-order valence-electron chi connectivity index (χ4n) is 2.97. The summed E-state index contributed by atoms with van der Waals surface area (Å²) in [5.74, 6) is -1.37. The van der Waals surface area contributed by atoms with Crippen LogP contribution in [0.25, 0.3) is 0 Å². The molecule has 1 saturated heterocycles. The second-order valence-corrected chi connectivity index (χ2v) is 5.67. The van der Waals surface area contributed by atoms with Gasteiger partial charge in [0.15, 0.2) is 0 Å². The maximum Gasteiger partial charge on any atom is 0.308 e. The first-order valence-corrected chi connectivity index (χ1v) is 7.24. The zero-order valence-electron chi connectivity index (χ0n) is 11.5. The number of carbonyl (C=O) groups excluding carboxylic acids is 1. The van der Waals surface area contributed by atoms with Gasteiger partial charge in [-0.3, -0.25) is 9.59 Å². The molecule has 0 spiro atoms. The fourth-order valence-corrected chi connectivity index (χ4v) is 2.97. The van der Waals surface area contributed by atoms with E-state index in [2.05, 4.69) is 0 Å². The van der Waals surface area contributed by atoms with Gasteiger partial charge >= 0.3 is 5.97 Å². The highest BCUT2D eigenvalue weighted by Crippen LogP contribution is 2.26. The maximum absolute atomic E-state index is 12.5. The molecule has 0 aromatic rings. The van der Waals surface area contributed by atoms with E-state index < -0.39 is 11.9 Å². The lowest BCUT2D eigenvalue weighted by molar-refractivity contribution is -0.147. The molecule has 2 rings (SSSR count). The maximum atomic E-state index is 12.5. The van der Waals surface area contributed by atoms with Crippen LogP contribution in [0.15, 0.2) is 0 Å².